The Morgan fingerprint density at radius 1 is 1.12 bits per heavy atom. The maximum atomic E-state index is 12.8. The second kappa shape index (κ2) is 10.0. The second-order valence-electron chi connectivity index (χ2n) is 6.21. The van der Waals surface area contributed by atoms with Crippen molar-refractivity contribution in [2.24, 2.45) is 0 Å². The maximum Gasteiger partial charge on any atom is 0.253 e. The Balaban J connectivity index is 2.02. The number of benzene rings is 2. The van der Waals surface area contributed by atoms with Crippen molar-refractivity contribution >= 4 is 5.91 Å². The van der Waals surface area contributed by atoms with Gasteiger partial charge in [-0.3, -0.25) is 4.79 Å². The predicted molar refractivity (Wildman–Crippen MR) is 103 cm³/mol. The molecule has 4 heteroatoms. The van der Waals surface area contributed by atoms with Crippen LogP contribution in [0, 0.1) is 11.3 Å². The first-order chi connectivity index (χ1) is 12.6. The predicted octanol–water partition coefficient (Wildman–Crippen LogP) is 4.24. The Morgan fingerprint density at radius 3 is 2.42 bits per heavy atom. The zero-order valence-corrected chi connectivity index (χ0v) is 15.1. The van der Waals surface area contributed by atoms with Gasteiger partial charge < -0.3 is 9.64 Å². The summed E-state index contributed by atoms with van der Waals surface area (Å²) in [5.41, 5.74) is 2.71. The fraction of sp³-hybridized carbons (Fsp3) is 0.273. The third kappa shape index (κ3) is 6.10. The zero-order chi connectivity index (χ0) is 18.8. The van der Waals surface area contributed by atoms with Gasteiger partial charge in [-0.05, 0) is 48.7 Å². The summed E-state index contributed by atoms with van der Waals surface area (Å²) in [5.74, 6) is 0.639. The van der Waals surface area contributed by atoms with Crippen LogP contribution in [0.1, 0.15) is 29.3 Å². The third-order valence-corrected chi connectivity index (χ3v) is 3.88. The molecule has 0 aliphatic rings. The molecule has 0 N–H and O–H groups in total. The molecular weight excluding hydrogens is 324 g/mol. The highest BCUT2D eigenvalue weighted by Gasteiger charge is 2.15. The molecule has 1 amide bonds. The molecule has 0 aliphatic carbocycles. The normalized spacial score (nSPS) is 10.0. The van der Waals surface area contributed by atoms with Crippen molar-refractivity contribution < 1.29 is 9.53 Å². The molecule has 0 saturated heterocycles. The average molecular weight is 348 g/mol. The summed E-state index contributed by atoms with van der Waals surface area (Å²) in [6.45, 7) is 7.17. The average Bonchev–Trinajstić information content (AvgIpc) is 2.67. The molecule has 2 aromatic rings. The lowest BCUT2D eigenvalue weighted by atomic mass is 10.1. The first kappa shape index (κ1) is 19.3. The van der Waals surface area contributed by atoms with E-state index in [0.29, 0.717) is 37.4 Å². The van der Waals surface area contributed by atoms with Gasteiger partial charge in [-0.2, -0.15) is 5.26 Å². The number of carbonyl (C=O) groups is 1. The van der Waals surface area contributed by atoms with E-state index in [2.05, 4.69) is 12.6 Å². The minimum Gasteiger partial charge on any atom is -0.489 e. The Morgan fingerprint density at radius 2 is 1.81 bits per heavy atom. The molecule has 134 valence electrons. The van der Waals surface area contributed by atoms with Crippen molar-refractivity contribution in [3.05, 3.63) is 77.9 Å². The SMILES string of the molecule is C=C(C)COc1ccc(C(=O)N(CCC#N)CCc2ccccc2)cc1. The highest BCUT2D eigenvalue weighted by Crippen LogP contribution is 2.15. The van der Waals surface area contributed by atoms with Crippen LogP contribution in [0.4, 0.5) is 0 Å². The summed E-state index contributed by atoms with van der Waals surface area (Å²) in [6.07, 6.45) is 1.08. The minimum atomic E-state index is -0.0670. The fourth-order valence-corrected chi connectivity index (χ4v) is 2.49. The van der Waals surface area contributed by atoms with E-state index in [0.717, 1.165) is 12.0 Å². The first-order valence-corrected chi connectivity index (χ1v) is 8.67. The van der Waals surface area contributed by atoms with Crippen LogP contribution in [0.2, 0.25) is 0 Å². The van der Waals surface area contributed by atoms with Crippen LogP contribution in [0.3, 0.4) is 0 Å². The zero-order valence-electron chi connectivity index (χ0n) is 15.1. The van der Waals surface area contributed by atoms with Crippen LogP contribution in [0.5, 0.6) is 5.75 Å². The van der Waals surface area contributed by atoms with E-state index in [1.165, 1.54) is 5.56 Å². The number of rotatable bonds is 9. The van der Waals surface area contributed by atoms with Crippen molar-refractivity contribution in [2.45, 2.75) is 19.8 Å². The molecule has 0 unspecified atom stereocenters. The van der Waals surface area contributed by atoms with Crippen LogP contribution in [0.15, 0.2) is 66.7 Å². The maximum absolute atomic E-state index is 12.8. The molecule has 0 spiro atoms. The van der Waals surface area contributed by atoms with Gasteiger partial charge in [-0.15, -0.1) is 0 Å². The standard InChI is InChI=1S/C22H24N2O2/c1-18(2)17-26-21-11-9-20(10-12-21)22(25)24(15-6-14-23)16-13-19-7-4-3-5-8-19/h3-5,7-12H,1,6,13,15-17H2,2H3. The number of amides is 1. The molecule has 0 saturated carbocycles. The summed E-state index contributed by atoms with van der Waals surface area (Å²) in [4.78, 5) is 14.5. The van der Waals surface area contributed by atoms with Crippen LogP contribution in [-0.4, -0.2) is 30.5 Å². The Labute approximate surface area is 155 Å². The number of hydrogen-bond donors (Lipinski definition) is 0. The molecular formula is C22H24N2O2. The van der Waals surface area contributed by atoms with Gasteiger partial charge in [0, 0.05) is 18.7 Å². The molecule has 26 heavy (non-hydrogen) atoms. The van der Waals surface area contributed by atoms with Gasteiger partial charge in [0.25, 0.3) is 5.91 Å². The summed E-state index contributed by atoms with van der Waals surface area (Å²) >= 11 is 0. The van der Waals surface area contributed by atoms with Gasteiger partial charge in [0.05, 0.1) is 12.5 Å². The molecule has 0 aliphatic heterocycles. The van der Waals surface area contributed by atoms with Crippen molar-refractivity contribution in [2.75, 3.05) is 19.7 Å². The number of hydrogen-bond acceptors (Lipinski definition) is 3. The smallest absolute Gasteiger partial charge is 0.253 e. The van der Waals surface area contributed by atoms with E-state index in [1.54, 1.807) is 29.2 Å². The quantitative estimate of drug-likeness (QED) is 0.637. The summed E-state index contributed by atoms with van der Waals surface area (Å²) in [6, 6.07) is 19.2. The van der Waals surface area contributed by atoms with Gasteiger partial charge in [-0.1, -0.05) is 36.9 Å². The van der Waals surface area contributed by atoms with E-state index in [-0.39, 0.29) is 5.91 Å². The third-order valence-electron chi connectivity index (χ3n) is 3.88. The van der Waals surface area contributed by atoms with Crippen molar-refractivity contribution in [3.63, 3.8) is 0 Å². The Bertz CT molecular complexity index is 761. The van der Waals surface area contributed by atoms with Crippen molar-refractivity contribution in [1.29, 1.82) is 5.26 Å². The van der Waals surface area contributed by atoms with E-state index in [1.807, 2.05) is 37.3 Å². The number of ether oxygens (including phenoxy) is 1. The summed E-state index contributed by atoms with van der Waals surface area (Å²) < 4.78 is 5.57. The molecule has 0 aromatic heterocycles. The van der Waals surface area contributed by atoms with Gasteiger partial charge in [-0.25, -0.2) is 0 Å². The molecule has 0 fully saturated rings. The number of nitrogens with zero attached hydrogens (tertiary/aromatic N) is 2. The highest BCUT2D eigenvalue weighted by atomic mass is 16.5. The molecule has 4 nitrogen and oxygen atoms in total. The van der Waals surface area contributed by atoms with Gasteiger partial charge in [0.2, 0.25) is 0 Å². The van der Waals surface area contributed by atoms with Gasteiger partial charge in [0.1, 0.15) is 12.4 Å². The monoisotopic (exact) mass is 348 g/mol. The van der Waals surface area contributed by atoms with Gasteiger partial charge >= 0.3 is 0 Å². The topological polar surface area (TPSA) is 53.3 Å². The lowest BCUT2D eigenvalue weighted by Gasteiger charge is -2.22. The highest BCUT2D eigenvalue weighted by molar-refractivity contribution is 5.94. The molecule has 0 atom stereocenters. The minimum absolute atomic E-state index is 0.0670. The van der Waals surface area contributed by atoms with E-state index >= 15 is 0 Å². The van der Waals surface area contributed by atoms with Crippen LogP contribution < -0.4 is 4.74 Å². The van der Waals surface area contributed by atoms with Crippen LogP contribution >= 0.6 is 0 Å². The lowest BCUT2D eigenvalue weighted by Crippen LogP contribution is -2.33. The summed E-state index contributed by atoms with van der Waals surface area (Å²) in [5, 5.41) is 8.88. The van der Waals surface area contributed by atoms with Gasteiger partial charge in [0.15, 0.2) is 0 Å². The molecule has 2 aromatic carbocycles. The van der Waals surface area contributed by atoms with E-state index in [4.69, 9.17) is 10.00 Å². The summed E-state index contributed by atoms with van der Waals surface area (Å²) in [7, 11) is 0. The molecule has 0 bridgehead atoms. The Kier molecular flexibility index (Phi) is 7.45. The lowest BCUT2D eigenvalue weighted by molar-refractivity contribution is 0.0761. The van der Waals surface area contributed by atoms with Crippen LogP contribution in [-0.2, 0) is 6.42 Å². The van der Waals surface area contributed by atoms with E-state index in [9.17, 15) is 4.79 Å². The molecule has 2 rings (SSSR count). The fourth-order valence-electron chi connectivity index (χ4n) is 2.49. The van der Waals surface area contributed by atoms with E-state index < -0.39 is 0 Å². The molecule has 0 heterocycles. The van der Waals surface area contributed by atoms with Crippen LogP contribution in [0.25, 0.3) is 0 Å². The number of carbonyl (C=O) groups excluding carboxylic acids is 1. The Hall–Kier alpha value is -3.06. The first-order valence-electron chi connectivity index (χ1n) is 8.67. The number of nitriles is 1. The largest absolute Gasteiger partial charge is 0.489 e. The van der Waals surface area contributed by atoms with Crippen molar-refractivity contribution in [3.8, 4) is 11.8 Å². The van der Waals surface area contributed by atoms with Crippen molar-refractivity contribution in [1.82, 2.24) is 4.90 Å². The molecule has 0 radical (unpaired) electrons. The second-order valence-corrected chi connectivity index (χ2v) is 6.21.